The Morgan fingerprint density at radius 1 is 0.900 bits per heavy atom. The Morgan fingerprint density at radius 2 is 1.47 bits per heavy atom. The van der Waals surface area contributed by atoms with Crippen LogP contribution in [-0.2, 0) is 52.4 Å². The van der Waals surface area contributed by atoms with E-state index in [2.05, 4.69) is 5.32 Å². The summed E-state index contributed by atoms with van der Waals surface area (Å²) in [4.78, 5) is 58.2. The molecule has 0 aliphatic carbocycles. The number of nitrogens with one attached hydrogen (secondary N) is 1. The molecule has 1 saturated heterocycles. The van der Waals surface area contributed by atoms with E-state index in [-0.39, 0.29) is 0 Å². The van der Waals surface area contributed by atoms with Gasteiger partial charge in [0.2, 0.25) is 6.10 Å². The second-order valence-corrected chi connectivity index (χ2v) is 6.53. The lowest BCUT2D eigenvalue weighted by atomic mass is 9.96. The summed E-state index contributed by atoms with van der Waals surface area (Å²) in [6.45, 7) is 5.57. The third-order valence-corrected chi connectivity index (χ3v) is 3.98. The first-order chi connectivity index (χ1) is 14.0. The summed E-state index contributed by atoms with van der Waals surface area (Å²) in [6.07, 6.45) is -5.63. The molecule has 1 amide bonds. The van der Waals surface area contributed by atoms with E-state index in [1.165, 1.54) is 7.11 Å². The molecule has 0 aromatic carbocycles. The summed E-state index contributed by atoms with van der Waals surface area (Å²) >= 11 is 0. The second-order valence-electron chi connectivity index (χ2n) is 6.53. The third kappa shape index (κ3) is 7.59. The number of carbonyl (C=O) groups is 5. The minimum atomic E-state index is -1.45. The normalized spacial score (nSPS) is 26.7. The minimum Gasteiger partial charge on any atom is -0.461 e. The van der Waals surface area contributed by atoms with Crippen molar-refractivity contribution in [3.63, 3.8) is 0 Å². The Bertz CT molecular complexity index is 665. The van der Waals surface area contributed by atoms with E-state index in [0.717, 1.165) is 27.7 Å². The van der Waals surface area contributed by atoms with Crippen LogP contribution < -0.4 is 5.32 Å². The fourth-order valence-corrected chi connectivity index (χ4v) is 2.85. The number of hydrogen-bond donors (Lipinski definition) is 1. The number of carbonyl (C=O) groups excluding carboxylic acids is 5. The maximum Gasteiger partial charge on any atom is 0.303 e. The Balaban J connectivity index is 3.13. The molecular weight excluding hydrogens is 406 g/mol. The average molecular weight is 433 g/mol. The minimum absolute atomic E-state index is 0.519. The molecule has 1 rings (SSSR count). The molecule has 1 fully saturated rings. The molecular formula is C18H27NO11. The summed E-state index contributed by atoms with van der Waals surface area (Å²) in [5, 5.41) is 2.54. The molecule has 12 heteroatoms. The molecule has 6 atom stereocenters. The van der Waals surface area contributed by atoms with E-state index in [1.807, 2.05) is 0 Å². The first-order valence-corrected chi connectivity index (χ1v) is 9.09. The summed E-state index contributed by atoms with van der Waals surface area (Å²) in [5.41, 5.74) is 0. The lowest BCUT2D eigenvalue weighted by Crippen LogP contribution is -2.66. The zero-order chi connectivity index (χ0) is 23.0. The highest BCUT2D eigenvalue weighted by molar-refractivity contribution is 5.84. The molecule has 0 bridgehead atoms. The third-order valence-electron chi connectivity index (χ3n) is 3.98. The Kier molecular flexibility index (Phi) is 9.66. The van der Waals surface area contributed by atoms with E-state index < -0.39 is 73.1 Å². The van der Waals surface area contributed by atoms with Gasteiger partial charge in [-0.1, -0.05) is 0 Å². The molecule has 0 saturated carbocycles. The van der Waals surface area contributed by atoms with Crippen LogP contribution in [0.1, 0.15) is 34.6 Å². The van der Waals surface area contributed by atoms with E-state index in [0.29, 0.717) is 0 Å². The van der Waals surface area contributed by atoms with Gasteiger partial charge >= 0.3 is 23.9 Å². The van der Waals surface area contributed by atoms with Crippen LogP contribution in [0.3, 0.4) is 0 Å². The SMILES string of the molecule is CO[C@H]1O[C@H](C)[C@@H](NC(=O)[C@@H](COC(C)=O)OC(C)=O)[C@H](OC(C)=O)[C@@H]1OC(C)=O. The van der Waals surface area contributed by atoms with Crippen LogP contribution >= 0.6 is 0 Å². The molecule has 12 nitrogen and oxygen atoms in total. The molecule has 170 valence electrons. The first kappa shape index (κ1) is 25.3. The average Bonchev–Trinajstić information content (AvgIpc) is 2.62. The maximum atomic E-state index is 12.7. The van der Waals surface area contributed by atoms with Crippen LogP contribution in [0.4, 0.5) is 0 Å². The topological polar surface area (TPSA) is 153 Å². The van der Waals surface area contributed by atoms with Crippen molar-refractivity contribution in [2.75, 3.05) is 13.7 Å². The van der Waals surface area contributed by atoms with Gasteiger partial charge in [0.1, 0.15) is 6.61 Å². The zero-order valence-electron chi connectivity index (χ0n) is 17.7. The number of hydrogen-bond acceptors (Lipinski definition) is 11. The van der Waals surface area contributed by atoms with Gasteiger partial charge < -0.3 is 33.7 Å². The summed E-state index contributed by atoms with van der Waals surface area (Å²) in [5.74, 6) is -3.66. The van der Waals surface area contributed by atoms with Crippen molar-refractivity contribution in [2.45, 2.75) is 71.4 Å². The number of esters is 4. The van der Waals surface area contributed by atoms with Crippen LogP contribution in [0.25, 0.3) is 0 Å². The predicted molar refractivity (Wildman–Crippen MR) is 96.6 cm³/mol. The fourth-order valence-electron chi connectivity index (χ4n) is 2.85. The number of amides is 1. The van der Waals surface area contributed by atoms with Gasteiger partial charge in [-0.05, 0) is 6.92 Å². The molecule has 1 N–H and O–H groups in total. The highest BCUT2D eigenvalue weighted by Gasteiger charge is 2.49. The van der Waals surface area contributed by atoms with E-state index >= 15 is 0 Å². The van der Waals surface area contributed by atoms with Gasteiger partial charge in [-0.3, -0.25) is 24.0 Å². The van der Waals surface area contributed by atoms with Crippen molar-refractivity contribution in [2.24, 2.45) is 0 Å². The monoisotopic (exact) mass is 433 g/mol. The van der Waals surface area contributed by atoms with Crippen molar-refractivity contribution in [3.8, 4) is 0 Å². The largest absolute Gasteiger partial charge is 0.461 e. The molecule has 0 radical (unpaired) electrons. The van der Waals surface area contributed by atoms with Crippen LogP contribution in [0, 0.1) is 0 Å². The molecule has 1 aliphatic rings. The van der Waals surface area contributed by atoms with E-state index in [4.69, 9.17) is 28.4 Å². The van der Waals surface area contributed by atoms with Gasteiger partial charge in [-0.25, -0.2) is 0 Å². The molecule has 30 heavy (non-hydrogen) atoms. The van der Waals surface area contributed by atoms with E-state index in [9.17, 15) is 24.0 Å². The smallest absolute Gasteiger partial charge is 0.303 e. The lowest BCUT2D eigenvalue weighted by Gasteiger charge is -2.44. The van der Waals surface area contributed by atoms with Gasteiger partial charge in [-0.15, -0.1) is 0 Å². The molecule has 1 heterocycles. The van der Waals surface area contributed by atoms with Crippen molar-refractivity contribution in [1.29, 1.82) is 0 Å². The van der Waals surface area contributed by atoms with Crippen molar-refractivity contribution in [1.82, 2.24) is 5.32 Å². The Hall–Kier alpha value is -2.73. The Labute approximate surface area is 173 Å². The van der Waals surface area contributed by atoms with Gasteiger partial charge in [0.05, 0.1) is 12.1 Å². The summed E-state index contributed by atoms with van der Waals surface area (Å²) < 4.78 is 31.0. The quantitative estimate of drug-likeness (QED) is 0.379. The maximum absolute atomic E-state index is 12.7. The van der Waals surface area contributed by atoms with Crippen molar-refractivity contribution >= 4 is 29.8 Å². The summed E-state index contributed by atoms with van der Waals surface area (Å²) in [7, 11) is 1.31. The van der Waals surface area contributed by atoms with Crippen LogP contribution in [0.2, 0.25) is 0 Å². The van der Waals surface area contributed by atoms with Crippen LogP contribution in [-0.4, -0.2) is 80.2 Å². The Morgan fingerprint density at radius 3 is 1.93 bits per heavy atom. The second kappa shape index (κ2) is 11.5. The van der Waals surface area contributed by atoms with Gasteiger partial charge in [0, 0.05) is 34.8 Å². The molecule has 0 unspecified atom stereocenters. The van der Waals surface area contributed by atoms with Gasteiger partial charge in [0.25, 0.3) is 5.91 Å². The number of rotatable bonds is 8. The standard InChI is InChI=1S/C18H27NO11/c1-8-14(19-17(24)13(28-10(3)21)7-26-9(2)20)15(29-11(4)22)16(30-12(5)23)18(25-6)27-8/h8,13-16,18H,7H2,1-6H3,(H,19,24)/t8-,13-,14-,15+,16+,18+/m1/s1. The predicted octanol–water partition coefficient (Wildman–Crippen LogP) is -0.779. The van der Waals surface area contributed by atoms with Crippen molar-refractivity contribution < 1.29 is 52.4 Å². The van der Waals surface area contributed by atoms with E-state index in [1.54, 1.807) is 6.92 Å². The summed E-state index contributed by atoms with van der Waals surface area (Å²) in [6, 6.07) is -1.01. The highest BCUT2D eigenvalue weighted by atomic mass is 16.7. The van der Waals surface area contributed by atoms with Crippen molar-refractivity contribution in [3.05, 3.63) is 0 Å². The molecule has 1 aliphatic heterocycles. The number of ether oxygens (including phenoxy) is 6. The molecule has 0 spiro atoms. The van der Waals surface area contributed by atoms with Gasteiger partial charge in [-0.2, -0.15) is 0 Å². The first-order valence-electron chi connectivity index (χ1n) is 9.09. The fraction of sp³-hybridized carbons (Fsp3) is 0.722. The lowest BCUT2D eigenvalue weighted by molar-refractivity contribution is -0.272. The highest BCUT2D eigenvalue weighted by Crippen LogP contribution is 2.27. The zero-order valence-corrected chi connectivity index (χ0v) is 17.7. The van der Waals surface area contributed by atoms with Crippen LogP contribution in [0.15, 0.2) is 0 Å². The molecule has 0 aromatic rings. The number of methoxy groups -OCH3 is 1. The van der Waals surface area contributed by atoms with Gasteiger partial charge in [0.15, 0.2) is 18.5 Å². The molecule has 0 aromatic heterocycles. The van der Waals surface area contributed by atoms with Crippen LogP contribution in [0.5, 0.6) is 0 Å².